The van der Waals surface area contributed by atoms with Crippen LogP contribution in [0.3, 0.4) is 0 Å². The van der Waals surface area contributed by atoms with E-state index in [1.54, 1.807) is 18.1 Å². The molecule has 0 fully saturated rings. The molecule has 0 aliphatic carbocycles. The summed E-state index contributed by atoms with van der Waals surface area (Å²) in [4.78, 5) is 15.2. The van der Waals surface area contributed by atoms with Crippen LogP contribution in [0, 0.1) is 0 Å². The number of carbonyl (C=O) groups excluding carboxylic acids is 1. The Kier molecular flexibility index (Phi) is 3.44. The largest absolute Gasteiger partial charge is 0.338 e. The smallest absolute Gasteiger partial charge is 0.315 e. The average Bonchev–Trinajstić information content (AvgIpc) is 2.52. The van der Waals surface area contributed by atoms with Crippen LogP contribution in [-0.4, -0.2) is 27.3 Å². The molecule has 1 aromatic heterocycles. The number of hydrogen-bond acceptors (Lipinski definition) is 3. The van der Waals surface area contributed by atoms with E-state index in [-0.39, 0.29) is 12.1 Å². The van der Waals surface area contributed by atoms with Crippen molar-refractivity contribution in [3.05, 3.63) is 12.2 Å². The van der Waals surface area contributed by atoms with Gasteiger partial charge in [0.15, 0.2) is 5.82 Å². The summed E-state index contributed by atoms with van der Waals surface area (Å²) < 4.78 is 1.60. The molecular weight excluding hydrogens is 182 g/mol. The summed E-state index contributed by atoms with van der Waals surface area (Å²) in [6.45, 7) is 4.31. The zero-order valence-corrected chi connectivity index (χ0v) is 8.61. The van der Waals surface area contributed by atoms with Gasteiger partial charge in [-0.2, -0.15) is 5.10 Å². The van der Waals surface area contributed by atoms with Gasteiger partial charge in [-0.25, -0.2) is 9.78 Å². The molecule has 0 radical (unpaired) electrons. The van der Waals surface area contributed by atoms with E-state index in [0.29, 0.717) is 12.4 Å². The van der Waals surface area contributed by atoms with Crippen LogP contribution in [-0.2, 0) is 7.05 Å². The van der Waals surface area contributed by atoms with Gasteiger partial charge in [0.25, 0.3) is 0 Å². The number of amides is 2. The SMILES string of the molecule is CCNC(=O)NC(C)c1ncn(C)n1. The van der Waals surface area contributed by atoms with Crippen molar-refractivity contribution >= 4 is 6.03 Å². The molecule has 1 aromatic rings. The Morgan fingerprint density at radius 3 is 2.93 bits per heavy atom. The highest BCUT2D eigenvalue weighted by Gasteiger charge is 2.11. The maximum Gasteiger partial charge on any atom is 0.315 e. The molecule has 0 bridgehead atoms. The van der Waals surface area contributed by atoms with Gasteiger partial charge in [0.1, 0.15) is 6.33 Å². The van der Waals surface area contributed by atoms with E-state index in [1.165, 1.54) is 0 Å². The Morgan fingerprint density at radius 2 is 2.43 bits per heavy atom. The third-order valence-corrected chi connectivity index (χ3v) is 1.69. The molecule has 0 saturated heterocycles. The highest BCUT2D eigenvalue weighted by atomic mass is 16.2. The molecule has 0 saturated carbocycles. The summed E-state index contributed by atoms with van der Waals surface area (Å²) in [5, 5.41) is 9.45. The van der Waals surface area contributed by atoms with Gasteiger partial charge in [-0.1, -0.05) is 0 Å². The molecule has 0 spiro atoms. The van der Waals surface area contributed by atoms with E-state index < -0.39 is 0 Å². The molecule has 0 aromatic carbocycles. The molecule has 78 valence electrons. The van der Waals surface area contributed by atoms with Crippen molar-refractivity contribution in [1.29, 1.82) is 0 Å². The van der Waals surface area contributed by atoms with Crippen LogP contribution in [0.4, 0.5) is 4.79 Å². The van der Waals surface area contributed by atoms with Gasteiger partial charge in [-0.05, 0) is 13.8 Å². The lowest BCUT2D eigenvalue weighted by Crippen LogP contribution is -2.37. The zero-order chi connectivity index (χ0) is 10.6. The van der Waals surface area contributed by atoms with Crippen molar-refractivity contribution in [3.8, 4) is 0 Å². The topological polar surface area (TPSA) is 71.8 Å². The zero-order valence-electron chi connectivity index (χ0n) is 8.61. The van der Waals surface area contributed by atoms with E-state index in [9.17, 15) is 4.79 Å². The fraction of sp³-hybridized carbons (Fsp3) is 0.625. The maximum atomic E-state index is 11.1. The Balaban J connectivity index is 2.50. The van der Waals surface area contributed by atoms with Gasteiger partial charge in [0, 0.05) is 13.6 Å². The minimum atomic E-state index is -0.201. The Labute approximate surface area is 82.7 Å². The van der Waals surface area contributed by atoms with Gasteiger partial charge in [0.05, 0.1) is 6.04 Å². The molecule has 6 nitrogen and oxygen atoms in total. The molecule has 0 aliphatic heterocycles. The highest BCUT2D eigenvalue weighted by Crippen LogP contribution is 2.03. The molecule has 1 unspecified atom stereocenters. The molecule has 6 heteroatoms. The van der Waals surface area contributed by atoms with Gasteiger partial charge in [-0.15, -0.1) is 0 Å². The first kappa shape index (κ1) is 10.5. The molecule has 1 heterocycles. The second-order valence-electron chi connectivity index (χ2n) is 3.00. The van der Waals surface area contributed by atoms with Crippen molar-refractivity contribution < 1.29 is 4.79 Å². The predicted octanol–water partition coefficient (Wildman–Crippen LogP) is 0.195. The fourth-order valence-electron chi connectivity index (χ4n) is 1.03. The van der Waals surface area contributed by atoms with Crippen LogP contribution in [0.2, 0.25) is 0 Å². The molecule has 0 aliphatic rings. The van der Waals surface area contributed by atoms with Gasteiger partial charge >= 0.3 is 6.03 Å². The predicted molar refractivity (Wildman–Crippen MR) is 51.6 cm³/mol. The summed E-state index contributed by atoms with van der Waals surface area (Å²) in [6, 6.07) is -0.379. The quantitative estimate of drug-likeness (QED) is 0.726. The van der Waals surface area contributed by atoms with Crippen LogP contribution in [0.1, 0.15) is 25.7 Å². The molecule has 14 heavy (non-hydrogen) atoms. The maximum absolute atomic E-state index is 11.1. The highest BCUT2D eigenvalue weighted by molar-refractivity contribution is 5.74. The lowest BCUT2D eigenvalue weighted by molar-refractivity contribution is 0.238. The monoisotopic (exact) mass is 197 g/mol. The van der Waals surface area contributed by atoms with Gasteiger partial charge < -0.3 is 10.6 Å². The number of carbonyl (C=O) groups is 1. The Morgan fingerprint density at radius 1 is 1.71 bits per heavy atom. The fourth-order valence-corrected chi connectivity index (χ4v) is 1.03. The molecular formula is C8H15N5O. The van der Waals surface area contributed by atoms with E-state index in [1.807, 2.05) is 13.8 Å². The number of rotatable bonds is 3. The third kappa shape index (κ3) is 2.72. The van der Waals surface area contributed by atoms with E-state index >= 15 is 0 Å². The summed E-state index contributed by atoms with van der Waals surface area (Å²) >= 11 is 0. The van der Waals surface area contributed by atoms with Gasteiger partial charge in [-0.3, -0.25) is 4.68 Å². The number of hydrogen-bond donors (Lipinski definition) is 2. The Hall–Kier alpha value is -1.59. The second-order valence-corrected chi connectivity index (χ2v) is 3.00. The first-order valence-corrected chi connectivity index (χ1v) is 4.53. The molecule has 1 rings (SSSR count). The number of aryl methyl sites for hydroxylation is 1. The van der Waals surface area contributed by atoms with Crippen LogP contribution in [0.15, 0.2) is 6.33 Å². The van der Waals surface area contributed by atoms with Crippen LogP contribution in [0.25, 0.3) is 0 Å². The lowest BCUT2D eigenvalue weighted by atomic mass is 10.3. The number of aromatic nitrogens is 3. The number of nitrogens with zero attached hydrogens (tertiary/aromatic N) is 3. The van der Waals surface area contributed by atoms with E-state index in [2.05, 4.69) is 20.7 Å². The number of nitrogens with one attached hydrogen (secondary N) is 2. The second kappa shape index (κ2) is 4.59. The summed E-state index contributed by atoms with van der Waals surface area (Å²) in [5.74, 6) is 0.610. The minimum Gasteiger partial charge on any atom is -0.338 e. The summed E-state index contributed by atoms with van der Waals surface area (Å²) in [6.07, 6.45) is 1.60. The van der Waals surface area contributed by atoms with Crippen molar-refractivity contribution in [1.82, 2.24) is 25.4 Å². The van der Waals surface area contributed by atoms with Gasteiger partial charge in [0.2, 0.25) is 0 Å². The molecule has 2 amide bonds. The first-order chi connectivity index (χ1) is 6.63. The van der Waals surface area contributed by atoms with Crippen molar-refractivity contribution in [2.45, 2.75) is 19.9 Å². The Bertz CT molecular complexity index is 308. The summed E-state index contributed by atoms with van der Waals surface area (Å²) in [5.41, 5.74) is 0. The van der Waals surface area contributed by atoms with Crippen molar-refractivity contribution in [2.24, 2.45) is 7.05 Å². The normalized spacial score (nSPS) is 12.2. The van der Waals surface area contributed by atoms with Crippen molar-refractivity contribution in [3.63, 3.8) is 0 Å². The number of urea groups is 1. The summed E-state index contributed by atoms with van der Waals surface area (Å²) in [7, 11) is 1.79. The van der Waals surface area contributed by atoms with Crippen LogP contribution in [0.5, 0.6) is 0 Å². The average molecular weight is 197 g/mol. The van der Waals surface area contributed by atoms with Crippen LogP contribution < -0.4 is 10.6 Å². The molecule has 1 atom stereocenters. The lowest BCUT2D eigenvalue weighted by Gasteiger charge is -2.10. The first-order valence-electron chi connectivity index (χ1n) is 4.53. The van der Waals surface area contributed by atoms with Crippen molar-refractivity contribution in [2.75, 3.05) is 6.54 Å². The van der Waals surface area contributed by atoms with E-state index in [0.717, 1.165) is 0 Å². The van der Waals surface area contributed by atoms with E-state index in [4.69, 9.17) is 0 Å². The minimum absolute atomic E-state index is 0.178. The standard InChI is InChI=1S/C8H15N5O/c1-4-9-8(14)11-6(2)7-10-5-13(3)12-7/h5-6H,4H2,1-3H3,(H2,9,11,14). The van der Waals surface area contributed by atoms with Crippen LogP contribution >= 0.6 is 0 Å². The molecule has 2 N–H and O–H groups in total. The third-order valence-electron chi connectivity index (χ3n) is 1.69.